The normalized spacial score (nSPS) is 12.2. The largest absolute Gasteiger partial charge is 0.462 e. The summed E-state index contributed by atoms with van der Waals surface area (Å²) in [6.45, 7) is 7.27. The van der Waals surface area contributed by atoms with Crippen LogP contribution in [-0.4, -0.2) is 28.0 Å². The zero-order chi connectivity index (χ0) is 22.7. The third-order valence-corrected chi connectivity index (χ3v) is 6.08. The summed E-state index contributed by atoms with van der Waals surface area (Å²) in [5, 5.41) is 3.22. The highest BCUT2D eigenvalue weighted by molar-refractivity contribution is 7.20. The van der Waals surface area contributed by atoms with E-state index >= 15 is 0 Å². The number of aromatic nitrogens is 2. The number of rotatable bonds is 7. The SMILES string of the molecule is CCOC(=O)c1sc2ncn(CC(=O)NC(c3ccc(F)cc3)C(C)C)c(=O)c2c1C. The lowest BCUT2D eigenvalue weighted by atomic mass is 9.96. The molecule has 0 saturated heterocycles. The maximum absolute atomic E-state index is 13.2. The van der Waals surface area contributed by atoms with Gasteiger partial charge in [-0.2, -0.15) is 0 Å². The van der Waals surface area contributed by atoms with Gasteiger partial charge in [0.1, 0.15) is 22.1 Å². The predicted molar refractivity (Wildman–Crippen MR) is 117 cm³/mol. The molecule has 9 heteroatoms. The number of thiophene rings is 1. The van der Waals surface area contributed by atoms with Gasteiger partial charge in [0.2, 0.25) is 5.91 Å². The monoisotopic (exact) mass is 445 g/mol. The molecular weight excluding hydrogens is 421 g/mol. The molecule has 31 heavy (non-hydrogen) atoms. The first-order chi connectivity index (χ1) is 14.7. The molecule has 0 aliphatic rings. The van der Waals surface area contributed by atoms with Crippen molar-refractivity contribution in [2.45, 2.75) is 40.3 Å². The number of halogens is 1. The van der Waals surface area contributed by atoms with Crippen LogP contribution in [0.3, 0.4) is 0 Å². The van der Waals surface area contributed by atoms with Gasteiger partial charge in [0, 0.05) is 0 Å². The van der Waals surface area contributed by atoms with Crippen molar-refractivity contribution in [2.24, 2.45) is 5.92 Å². The highest BCUT2D eigenvalue weighted by Gasteiger charge is 2.22. The van der Waals surface area contributed by atoms with E-state index in [2.05, 4.69) is 10.3 Å². The van der Waals surface area contributed by atoms with Crippen LogP contribution in [0.15, 0.2) is 35.4 Å². The Morgan fingerprint density at radius 1 is 1.26 bits per heavy atom. The van der Waals surface area contributed by atoms with Crippen molar-refractivity contribution in [3.8, 4) is 0 Å². The zero-order valence-electron chi connectivity index (χ0n) is 17.8. The van der Waals surface area contributed by atoms with Gasteiger partial charge < -0.3 is 10.1 Å². The molecule has 1 N–H and O–H groups in total. The summed E-state index contributed by atoms with van der Waals surface area (Å²) in [5.41, 5.74) is 0.878. The number of hydrogen-bond donors (Lipinski definition) is 1. The van der Waals surface area contributed by atoms with E-state index in [0.717, 1.165) is 16.9 Å². The number of benzene rings is 1. The molecule has 0 bridgehead atoms. The smallest absolute Gasteiger partial charge is 0.348 e. The van der Waals surface area contributed by atoms with Crippen molar-refractivity contribution in [2.75, 3.05) is 6.61 Å². The number of nitrogens with zero attached hydrogens (tertiary/aromatic N) is 2. The molecule has 0 radical (unpaired) electrons. The third kappa shape index (κ3) is 4.82. The minimum Gasteiger partial charge on any atom is -0.462 e. The number of aryl methyl sites for hydroxylation is 1. The van der Waals surface area contributed by atoms with Crippen LogP contribution in [0.2, 0.25) is 0 Å². The summed E-state index contributed by atoms with van der Waals surface area (Å²) < 4.78 is 19.5. The molecule has 2 heterocycles. The van der Waals surface area contributed by atoms with Crippen molar-refractivity contribution in [1.82, 2.24) is 14.9 Å². The van der Waals surface area contributed by atoms with E-state index in [1.807, 2.05) is 13.8 Å². The zero-order valence-corrected chi connectivity index (χ0v) is 18.6. The molecule has 3 aromatic rings. The van der Waals surface area contributed by atoms with Gasteiger partial charge in [0.25, 0.3) is 5.56 Å². The lowest BCUT2D eigenvalue weighted by Crippen LogP contribution is -2.36. The highest BCUT2D eigenvalue weighted by Crippen LogP contribution is 2.27. The molecule has 0 saturated carbocycles. The summed E-state index contributed by atoms with van der Waals surface area (Å²) in [5.74, 6) is -1.16. The molecule has 1 unspecified atom stereocenters. The minimum atomic E-state index is -0.495. The highest BCUT2D eigenvalue weighted by atomic mass is 32.1. The topological polar surface area (TPSA) is 90.3 Å². The quantitative estimate of drug-likeness (QED) is 0.561. The molecule has 164 valence electrons. The molecule has 0 fully saturated rings. The lowest BCUT2D eigenvalue weighted by molar-refractivity contribution is -0.122. The Morgan fingerprint density at radius 2 is 1.94 bits per heavy atom. The van der Waals surface area contributed by atoms with Gasteiger partial charge in [0.15, 0.2) is 0 Å². The van der Waals surface area contributed by atoms with Crippen LogP contribution in [0, 0.1) is 18.7 Å². The predicted octanol–water partition coefficient (Wildman–Crippen LogP) is 3.60. The van der Waals surface area contributed by atoms with Crippen LogP contribution >= 0.6 is 11.3 Å². The molecule has 3 rings (SSSR count). The van der Waals surface area contributed by atoms with E-state index in [4.69, 9.17) is 4.74 Å². The molecule has 7 nitrogen and oxygen atoms in total. The van der Waals surface area contributed by atoms with Crippen LogP contribution in [0.4, 0.5) is 4.39 Å². The molecule has 0 aliphatic heterocycles. The van der Waals surface area contributed by atoms with Gasteiger partial charge in [0.05, 0.1) is 24.4 Å². The van der Waals surface area contributed by atoms with Crippen molar-refractivity contribution in [3.05, 3.63) is 62.8 Å². The lowest BCUT2D eigenvalue weighted by Gasteiger charge is -2.23. The Bertz CT molecular complexity index is 1170. The number of amides is 1. The van der Waals surface area contributed by atoms with Crippen molar-refractivity contribution >= 4 is 33.4 Å². The van der Waals surface area contributed by atoms with Crippen molar-refractivity contribution in [3.63, 3.8) is 0 Å². The van der Waals surface area contributed by atoms with E-state index < -0.39 is 11.5 Å². The van der Waals surface area contributed by atoms with Crippen LogP contribution in [0.5, 0.6) is 0 Å². The average molecular weight is 446 g/mol. The second-order valence-electron chi connectivity index (χ2n) is 7.48. The first-order valence-electron chi connectivity index (χ1n) is 9.93. The van der Waals surface area contributed by atoms with E-state index in [1.54, 1.807) is 26.0 Å². The fraction of sp³-hybridized carbons (Fsp3) is 0.364. The standard InChI is InChI=1S/C22H24FN3O4S/c1-5-30-22(29)19-13(4)17-20(31-19)24-11-26(21(17)28)10-16(27)25-18(12(2)3)14-6-8-15(23)9-7-14/h6-9,11-12,18H,5,10H2,1-4H3,(H,25,27). The summed E-state index contributed by atoms with van der Waals surface area (Å²) in [4.78, 5) is 42.8. The maximum Gasteiger partial charge on any atom is 0.348 e. The summed E-state index contributed by atoms with van der Waals surface area (Å²) >= 11 is 1.10. The van der Waals surface area contributed by atoms with Gasteiger partial charge >= 0.3 is 5.97 Å². The van der Waals surface area contributed by atoms with Gasteiger partial charge in [-0.25, -0.2) is 14.2 Å². The van der Waals surface area contributed by atoms with Crippen LogP contribution in [0.1, 0.15) is 47.6 Å². The van der Waals surface area contributed by atoms with Crippen molar-refractivity contribution < 1.29 is 18.7 Å². The van der Waals surface area contributed by atoms with Crippen LogP contribution < -0.4 is 10.9 Å². The van der Waals surface area contributed by atoms with E-state index in [0.29, 0.717) is 20.7 Å². The maximum atomic E-state index is 13.2. The second-order valence-corrected chi connectivity index (χ2v) is 8.47. The number of fused-ring (bicyclic) bond motifs is 1. The second kappa shape index (κ2) is 9.38. The Kier molecular flexibility index (Phi) is 6.84. The Balaban J connectivity index is 1.85. The van der Waals surface area contributed by atoms with E-state index in [-0.39, 0.29) is 36.8 Å². The number of esters is 1. The van der Waals surface area contributed by atoms with Gasteiger partial charge in [-0.15, -0.1) is 11.3 Å². The fourth-order valence-electron chi connectivity index (χ4n) is 3.34. The van der Waals surface area contributed by atoms with Gasteiger partial charge in [-0.3, -0.25) is 14.2 Å². The number of ether oxygens (including phenoxy) is 1. The summed E-state index contributed by atoms with van der Waals surface area (Å²) in [6, 6.07) is 5.62. The Labute approximate surface area is 182 Å². The Morgan fingerprint density at radius 3 is 2.55 bits per heavy atom. The number of hydrogen-bond acceptors (Lipinski definition) is 6. The van der Waals surface area contributed by atoms with Crippen molar-refractivity contribution in [1.29, 1.82) is 0 Å². The van der Waals surface area contributed by atoms with Gasteiger partial charge in [-0.05, 0) is 43.0 Å². The molecule has 2 aromatic heterocycles. The average Bonchev–Trinajstić information content (AvgIpc) is 3.06. The summed E-state index contributed by atoms with van der Waals surface area (Å²) in [7, 11) is 0. The summed E-state index contributed by atoms with van der Waals surface area (Å²) in [6.07, 6.45) is 1.30. The van der Waals surface area contributed by atoms with Crippen LogP contribution in [0.25, 0.3) is 10.2 Å². The van der Waals surface area contributed by atoms with E-state index in [1.165, 1.54) is 23.0 Å². The van der Waals surface area contributed by atoms with Gasteiger partial charge in [-0.1, -0.05) is 26.0 Å². The molecular formula is C22H24FN3O4S. The minimum absolute atomic E-state index is 0.0537. The third-order valence-electron chi connectivity index (χ3n) is 4.90. The first-order valence-corrected chi connectivity index (χ1v) is 10.7. The molecule has 1 aromatic carbocycles. The van der Waals surface area contributed by atoms with E-state index in [9.17, 15) is 18.8 Å². The molecule has 1 atom stereocenters. The first kappa shape index (κ1) is 22.6. The van der Waals surface area contributed by atoms with Crippen LogP contribution in [-0.2, 0) is 16.1 Å². The fourth-order valence-corrected chi connectivity index (χ4v) is 4.38. The number of carbonyl (C=O) groups excluding carboxylic acids is 2. The molecule has 0 spiro atoms. The Hall–Kier alpha value is -3.07. The molecule has 1 amide bonds. The number of carbonyl (C=O) groups is 2. The number of nitrogens with one attached hydrogen (secondary N) is 1. The molecule has 0 aliphatic carbocycles.